The fraction of sp³-hybridized carbons (Fsp3) is 0.222. The molecule has 6 heteroatoms. The number of ketones is 1. The number of ether oxygens (including phenoxy) is 1. The number of carbonyl (C=O) groups excluding carboxylic acids is 1. The van der Waals surface area contributed by atoms with Crippen LogP contribution in [0.1, 0.15) is 17.3 Å². The van der Waals surface area contributed by atoms with Gasteiger partial charge in [-0.3, -0.25) is 4.79 Å². The standard InChI is InChI=1S/C9H6F3IO2/c1-4(14)6-2-5(15-9(11)12)3-7(13)8(6)10/h2-3,9H,1H3. The molecule has 1 aromatic rings. The van der Waals surface area contributed by atoms with Gasteiger partial charge in [0.2, 0.25) is 0 Å². The van der Waals surface area contributed by atoms with Crippen molar-refractivity contribution in [3.63, 3.8) is 0 Å². The van der Waals surface area contributed by atoms with Crippen molar-refractivity contribution in [2.45, 2.75) is 13.5 Å². The Labute approximate surface area is 97.6 Å². The lowest BCUT2D eigenvalue weighted by molar-refractivity contribution is -0.0499. The third-order valence-electron chi connectivity index (χ3n) is 1.61. The summed E-state index contributed by atoms with van der Waals surface area (Å²) in [5.41, 5.74) is -0.252. The molecule has 1 rings (SSSR count). The van der Waals surface area contributed by atoms with Crippen LogP contribution in [-0.2, 0) is 0 Å². The molecule has 0 aliphatic rings. The van der Waals surface area contributed by atoms with Gasteiger partial charge in [-0.2, -0.15) is 8.78 Å². The van der Waals surface area contributed by atoms with E-state index < -0.39 is 18.2 Å². The molecule has 0 fully saturated rings. The summed E-state index contributed by atoms with van der Waals surface area (Å²) in [7, 11) is 0. The first-order valence-corrected chi connectivity index (χ1v) is 4.94. The van der Waals surface area contributed by atoms with E-state index in [9.17, 15) is 18.0 Å². The lowest BCUT2D eigenvalue weighted by Gasteiger charge is -2.07. The molecule has 0 aromatic heterocycles. The van der Waals surface area contributed by atoms with Crippen LogP contribution in [0, 0.1) is 9.39 Å². The minimum atomic E-state index is -2.99. The summed E-state index contributed by atoms with van der Waals surface area (Å²) < 4.78 is 41.2. The van der Waals surface area contributed by atoms with Gasteiger partial charge in [0.25, 0.3) is 0 Å². The molecule has 0 bridgehead atoms. The second kappa shape index (κ2) is 4.82. The molecule has 0 heterocycles. The first-order chi connectivity index (χ1) is 6.91. The predicted molar refractivity (Wildman–Crippen MR) is 55.8 cm³/mol. The minimum absolute atomic E-state index is 0.0657. The molecule has 0 radical (unpaired) electrons. The van der Waals surface area contributed by atoms with Crippen molar-refractivity contribution < 1.29 is 22.7 Å². The van der Waals surface area contributed by atoms with E-state index in [2.05, 4.69) is 4.74 Å². The van der Waals surface area contributed by atoms with Crippen molar-refractivity contribution in [3.8, 4) is 5.75 Å². The molecule has 0 aliphatic heterocycles. The van der Waals surface area contributed by atoms with Crippen LogP contribution >= 0.6 is 22.6 Å². The lowest BCUT2D eigenvalue weighted by atomic mass is 10.1. The Morgan fingerprint density at radius 1 is 1.47 bits per heavy atom. The third-order valence-corrected chi connectivity index (χ3v) is 2.39. The average Bonchev–Trinajstić information content (AvgIpc) is 2.09. The van der Waals surface area contributed by atoms with Crippen molar-refractivity contribution in [1.82, 2.24) is 0 Å². The quantitative estimate of drug-likeness (QED) is 0.628. The van der Waals surface area contributed by atoms with Crippen LogP contribution in [0.25, 0.3) is 0 Å². The molecule has 0 saturated carbocycles. The Morgan fingerprint density at radius 3 is 2.53 bits per heavy atom. The van der Waals surface area contributed by atoms with Crippen LogP contribution in [0.15, 0.2) is 12.1 Å². The molecule has 0 saturated heterocycles. The summed E-state index contributed by atoms with van der Waals surface area (Å²) in [6, 6.07) is 2.07. The van der Waals surface area contributed by atoms with E-state index in [1.54, 1.807) is 22.6 Å². The minimum Gasteiger partial charge on any atom is -0.435 e. The van der Waals surface area contributed by atoms with Crippen LogP contribution in [0.4, 0.5) is 13.2 Å². The Morgan fingerprint density at radius 2 is 2.07 bits per heavy atom. The molecule has 15 heavy (non-hydrogen) atoms. The Bertz CT molecular complexity index is 393. The van der Waals surface area contributed by atoms with E-state index in [4.69, 9.17) is 0 Å². The highest BCUT2D eigenvalue weighted by molar-refractivity contribution is 14.1. The molecule has 0 spiro atoms. The molecule has 1 aromatic carbocycles. The van der Waals surface area contributed by atoms with Gasteiger partial charge in [-0.25, -0.2) is 4.39 Å². The van der Waals surface area contributed by atoms with Gasteiger partial charge in [-0.15, -0.1) is 0 Å². The van der Waals surface area contributed by atoms with Crippen LogP contribution in [0.5, 0.6) is 5.75 Å². The van der Waals surface area contributed by atoms with Gasteiger partial charge in [0.15, 0.2) is 5.78 Å². The van der Waals surface area contributed by atoms with E-state index in [0.717, 1.165) is 19.1 Å². The SMILES string of the molecule is CC(=O)c1cc(OC(F)F)cc(I)c1F. The zero-order chi connectivity index (χ0) is 11.6. The summed E-state index contributed by atoms with van der Waals surface area (Å²) in [5, 5.41) is 0. The second-order valence-electron chi connectivity index (χ2n) is 2.70. The number of rotatable bonds is 3. The molecule has 0 unspecified atom stereocenters. The Kier molecular flexibility index (Phi) is 3.95. The molecular weight excluding hydrogens is 324 g/mol. The Balaban J connectivity index is 3.17. The maximum Gasteiger partial charge on any atom is 0.387 e. The zero-order valence-corrected chi connectivity index (χ0v) is 9.72. The second-order valence-corrected chi connectivity index (χ2v) is 3.86. The van der Waals surface area contributed by atoms with E-state index in [-0.39, 0.29) is 14.9 Å². The van der Waals surface area contributed by atoms with E-state index >= 15 is 0 Å². The monoisotopic (exact) mass is 330 g/mol. The van der Waals surface area contributed by atoms with Crippen molar-refractivity contribution in [3.05, 3.63) is 27.1 Å². The lowest BCUT2D eigenvalue weighted by Crippen LogP contribution is -2.05. The maximum atomic E-state index is 13.3. The highest BCUT2D eigenvalue weighted by Gasteiger charge is 2.15. The number of Topliss-reactive ketones (excluding diaryl/α,β-unsaturated/α-hetero) is 1. The van der Waals surface area contributed by atoms with Gasteiger partial charge < -0.3 is 4.74 Å². The summed E-state index contributed by atoms with van der Waals surface area (Å²) in [6.07, 6.45) is 0. The van der Waals surface area contributed by atoms with E-state index in [1.165, 1.54) is 0 Å². The van der Waals surface area contributed by atoms with Crippen LogP contribution < -0.4 is 4.74 Å². The van der Waals surface area contributed by atoms with Gasteiger partial charge in [0, 0.05) is 0 Å². The van der Waals surface area contributed by atoms with Crippen LogP contribution in [0.2, 0.25) is 0 Å². The maximum absolute atomic E-state index is 13.3. The van der Waals surface area contributed by atoms with Crippen molar-refractivity contribution >= 4 is 28.4 Å². The smallest absolute Gasteiger partial charge is 0.387 e. The summed E-state index contributed by atoms with van der Waals surface area (Å²) in [6.45, 7) is -1.84. The van der Waals surface area contributed by atoms with Crippen molar-refractivity contribution in [2.24, 2.45) is 0 Å². The first-order valence-electron chi connectivity index (χ1n) is 3.86. The molecule has 82 valence electrons. The molecule has 2 nitrogen and oxygen atoms in total. The third kappa shape index (κ3) is 3.08. The number of halogens is 4. The van der Waals surface area contributed by atoms with Gasteiger partial charge in [0.05, 0.1) is 9.13 Å². The summed E-state index contributed by atoms with van der Waals surface area (Å²) >= 11 is 1.60. The van der Waals surface area contributed by atoms with Crippen LogP contribution in [-0.4, -0.2) is 12.4 Å². The Hall–Kier alpha value is -0.790. The number of carbonyl (C=O) groups is 1. The molecule has 0 N–H and O–H groups in total. The molecule has 0 aliphatic carbocycles. The number of hydrogen-bond acceptors (Lipinski definition) is 2. The van der Waals surface area contributed by atoms with Crippen molar-refractivity contribution in [1.29, 1.82) is 0 Å². The van der Waals surface area contributed by atoms with Gasteiger partial charge in [0.1, 0.15) is 11.6 Å². The summed E-state index contributed by atoms with van der Waals surface area (Å²) in [4.78, 5) is 11.0. The predicted octanol–water partition coefficient (Wildman–Crippen LogP) is 3.23. The number of alkyl halides is 2. The number of hydrogen-bond donors (Lipinski definition) is 0. The molecular formula is C9H6F3IO2. The van der Waals surface area contributed by atoms with Gasteiger partial charge in [-0.1, -0.05) is 0 Å². The molecule has 0 atom stereocenters. The normalized spacial score (nSPS) is 10.5. The number of benzene rings is 1. The highest BCUT2D eigenvalue weighted by Crippen LogP contribution is 2.24. The van der Waals surface area contributed by atoms with E-state index in [1.807, 2.05) is 0 Å². The van der Waals surface area contributed by atoms with Gasteiger partial charge in [-0.05, 0) is 41.6 Å². The highest BCUT2D eigenvalue weighted by atomic mass is 127. The van der Waals surface area contributed by atoms with Crippen molar-refractivity contribution in [2.75, 3.05) is 0 Å². The van der Waals surface area contributed by atoms with E-state index in [0.29, 0.717) is 0 Å². The topological polar surface area (TPSA) is 26.3 Å². The fourth-order valence-corrected chi connectivity index (χ4v) is 1.59. The average molecular weight is 330 g/mol. The zero-order valence-electron chi connectivity index (χ0n) is 7.56. The molecule has 0 amide bonds. The fourth-order valence-electron chi connectivity index (χ4n) is 0.991. The largest absolute Gasteiger partial charge is 0.435 e. The summed E-state index contributed by atoms with van der Waals surface area (Å²) in [5.74, 6) is -1.48. The van der Waals surface area contributed by atoms with Crippen LogP contribution in [0.3, 0.4) is 0 Å². The first kappa shape index (κ1) is 12.3. The van der Waals surface area contributed by atoms with Gasteiger partial charge >= 0.3 is 6.61 Å².